The highest BCUT2D eigenvalue weighted by molar-refractivity contribution is 7.13. The lowest BCUT2D eigenvalue weighted by Gasteiger charge is -2.27. The highest BCUT2D eigenvalue weighted by Crippen LogP contribution is 2.24. The van der Waals surface area contributed by atoms with Gasteiger partial charge in [0.25, 0.3) is 0 Å². The van der Waals surface area contributed by atoms with Gasteiger partial charge in [-0.1, -0.05) is 50.6 Å². The van der Waals surface area contributed by atoms with Gasteiger partial charge < -0.3 is 10.4 Å². The van der Waals surface area contributed by atoms with Crippen molar-refractivity contribution in [3.63, 3.8) is 0 Å². The topological polar surface area (TPSA) is 79.3 Å². The number of nitrogens with zero attached hydrogens (tertiary/aromatic N) is 1. The van der Waals surface area contributed by atoms with E-state index in [0.717, 1.165) is 10.6 Å². The molecule has 0 unspecified atom stereocenters. The molecule has 0 saturated carbocycles. The summed E-state index contributed by atoms with van der Waals surface area (Å²) in [5.74, 6) is -1.37. The number of aryl methyl sites for hydroxylation is 1. The number of aromatic nitrogens is 1. The summed E-state index contributed by atoms with van der Waals surface area (Å²) in [5, 5.41) is 14.5. The number of carboxylic acid groups (broad SMARTS) is 1. The van der Waals surface area contributed by atoms with Crippen molar-refractivity contribution in [3.05, 3.63) is 40.9 Å². The second kappa shape index (κ2) is 7.13. The largest absolute Gasteiger partial charge is 0.480 e. The Bertz CT molecular complexity index is 729. The Hall–Kier alpha value is -2.21. The van der Waals surface area contributed by atoms with E-state index in [9.17, 15) is 14.7 Å². The molecule has 2 N–H and O–H groups in total. The summed E-state index contributed by atoms with van der Waals surface area (Å²) in [6.45, 7) is 7.37. The minimum Gasteiger partial charge on any atom is -0.480 e. The van der Waals surface area contributed by atoms with Crippen molar-refractivity contribution in [1.82, 2.24) is 10.3 Å². The zero-order valence-corrected chi connectivity index (χ0v) is 15.1. The first-order valence-corrected chi connectivity index (χ1v) is 8.58. The van der Waals surface area contributed by atoms with Gasteiger partial charge in [0, 0.05) is 10.9 Å². The molecule has 1 aromatic heterocycles. The molecule has 1 aromatic carbocycles. The smallest absolute Gasteiger partial charge is 0.326 e. The minimum atomic E-state index is -1.03. The Morgan fingerprint density at radius 2 is 1.88 bits per heavy atom. The predicted octanol–water partition coefficient (Wildman–Crippen LogP) is 3.28. The van der Waals surface area contributed by atoms with E-state index >= 15 is 0 Å². The summed E-state index contributed by atoms with van der Waals surface area (Å²) in [4.78, 5) is 28.0. The maximum Gasteiger partial charge on any atom is 0.326 e. The van der Waals surface area contributed by atoms with E-state index in [1.807, 2.05) is 36.6 Å². The molecule has 1 heterocycles. The maximum absolute atomic E-state index is 12.2. The number of thiazole rings is 1. The molecule has 6 heteroatoms. The van der Waals surface area contributed by atoms with Crippen LogP contribution in [0.25, 0.3) is 10.6 Å². The zero-order valence-electron chi connectivity index (χ0n) is 14.3. The molecule has 0 aliphatic carbocycles. The summed E-state index contributed by atoms with van der Waals surface area (Å²) in [5.41, 5.74) is 2.27. The van der Waals surface area contributed by atoms with Crippen LogP contribution in [0, 0.1) is 12.3 Å². The first kappa shape index (κ1) is 18.1. The van der Waals surface area contributed by atoms with E-state index < -0.39 is 17.4 Å². The fraction of sp³-hybridized carbons (Fsp3) is 0.389. The van der Waals surface area contributed by atoms with Crippen LogP contribution in [-0.4, -0.2) is 28.0 Å². The van der Waals surface area contributed by atoms with E-state index in [4.69, 9.17) is 0 Å². The predicted molar refractivity (Wildman–Crippen MR) is 95.0 cm³/mol. The molecule has 1 atom stereocenters. The summed E-state index contributed by atoms with van der Waals surface area (Å²) in [7, 11) is 0. The first-order chi connectivity index (χ1) is 11.2. The summed E-state index contributed by atoms with van der Waals surface area (Å²) in [6, 6.07) is 7.10. The lowest BCUT2D eigenvalue weighted by Crippen LogP contribution is -2.49. The van der Waals surface area contributed by atoms with E-state index in [1.54, 1.807) is 20.8 Å². The minimum absolute atomic E-state index is 0.0716. The van der Waals surface area contributed by atoms with Crippen molar-refractivity contribution < 1.29 is 14.7 Å². The van der Waals surface area contributed by atoms with Crippen LogP contribution >= 0.6 is 11.3 Å². The molecule has 128 valence electrons. The normalized spacial score (nSPS) is 12.7. The molecule has 24 heavy (non-hydrogen) atoms. The number of hydrogen-bond acceptors (Lipinski definition) is 4. The monoisotopic (exact) mass is 346 g/mol. The zero-order chi connectivity index (χ0) is 17.9. The summed E-state index contributed by atoms with van der Waals surface area (Å²) in [6.07, 6.45) is 0.0716. The first-order valence-electron chi connectivity index (χ1n) is 7.70. The van der Waals surface area contributed by atoms with Gasteiger partial charge in [-0.2, -0.15) is 0 Å². The average molecular weight is 346 g/mol. The molecular weight excluding hydrogens is 324 g/mol. The highest BCUT2D eigenvalue weighted by atomic mass is 32.1. The quantitative estimate of drug-likeness (QED) is 0.871. The van der Waals surface area contributed by atoms with Crippen LogP contribution in [0.15, 0.2) is 29.6 Å². The molecule has 0 bridgehead atoms. The van der Waals surface area contributed by atoms with Crippen molar-refractivity contribution in [2.24, 2.45) is 5.41 Å². The van der Waals surface area contributed by atoms with Crippen LogP contribution in [-0.2, 0) is 16.0 Å². The summed E-state index contributed by atoms with van der Waals surface area (Å²) < 4.78 is 0. The van der Waals surface area contributed by atoms with E-state index in [-0.39, 0.29) is 12.3 Å². The second-order valence-electron chi connectivity index (χ2n) is 6.89. The SMILES string of the molecule is Cc1ccc(-c2nc(CC(=O)N[C@H](C(=O)O)C(C)(C)C)cs2)cc1. The molecule has 0 fully saturated rings. The van der Waals surface area contributed by atoms with Crippen LogP contribution < -0.4 is 5.32 Å². The summed E-state index contributed by atoms with van der Waals surface area (Å²) >= 11 is 1.47. The molecule has 5 nitrogen and oxygen atoms in total. The Morgan fingerprint density at radius 3 is 2.42 bits per heavy atom. The number of hydrogen-bond donors (Lipinski definition) is 2. The van der Waals surface area contributed by atoms with Gasteiger partial charge >= 0.3 is 5.97 Å². The van der Waals surface area contributed by atoms with Crippen LogP contribution in [0.5, 0.6) is 0 Å². The number of aliphatic carboxylic acids is 1. The molecule has 1 amide bonds. The van der Waals surface area contributed by atoms with E-state index in [0.29, 0.717) is 5.69 Å². The van der Waals surface area contributed by atoms with Crippen LogP contribution in [0.4, 0.5) is 0 Å². The molecule has 2 aromatic rings. The molecular formula is C18H22N2O3S. The fourth-order valence-electron chi connectivity index (χ4n) is 2.24. The van der Waals surface area contributed by atoms with Gasteiger partial charge in [0.2, 0.25) is 5.91 Å². The number of carbonyl (C=O) groups excluding carboxylic acids is 1. The molecule has 0 saturated heterocycles. The lowest BCUT2D eigenvalue weighted by atomic mass is 9.86. The lowest BCUT2D eigenvalue weighted by molar-refractivity contribution is -0.144. The molecule has 0 aliphatic heterocycles. The highest BCUT2D eigenvalue weighted by Gasteiger charge is 2.32. The third kappa shape index (κ3) is 4.64. The fourth-order valence-corrected chi connectivity index (χ4v) is 3.07. The van der Waals surface area contributed by atoms with Gasteiger partial charge in [-0.3, -0.25) is 4.79 Å². The Morgan fingerprint density at radius 1 is 1.25 bits per heavy atom. The van der Waals surface area contributed by atoms with Crippen molar-refractivity contribution >= 4 is 23.2 Å². The van der Waals surface area contributed by atoms with Gasteiger partial charge in [0.05, 0.1) is 12.1 Å². The van der Waals surface area contributed by atoms with Crippen LogP contribution in [0.3, 0.4) is 0 Å². The Balaban J connectivity index is 2.05. The second-order valence-corrected chi connectivity index (χ2v) is 7.75. The molecule has 0 aliphatic rings. The van der Waals surface area contributed by atoms with Crippen molar-refractivity contribution in [1.29, 1.82) is 0 Å². The van der Waals surface area contributed by atoms with Crippen molar-refractivity contribution in [2.45, 2.75) is 40.2 Å². The van der Waals surface area contributed by atoms with Crippen LogP contribution in [0.1, 0.15) is 32.0 Å². The number of benzene rings is 1. The molecule has 0 spiro atoms. The van der Waals surface area contributed by atoms with Gasteiger partial charge in [0.15, 0.2) is 0 Å². The van der Waals surface area contributed by atoms with E-state index in [1.165, 1.54) is 16.9 Å². The van der Waals surface area contributed by atoms with Gasteiger partial charge in [-0.05, 0) is 12.3 Å². The maximum atomic E-state index is 12.2. The Kier molecular flexibility index (Phi) is 5.39. The number of amides is 1. The van der Waals surface area contributed by atoms with Gasteiger partial charge in [0.1, 0.15) is 11.0 Å². The van der Waals surface area contributed by atoms with Crippen LogP contribution in [0.2, 0.25) is 0 Å². The Labute approximate surface area is 145 Å². The average Bonchev–Trinajstić information content (AvgIpc) is 2.92. The third-order valence-electron chi connectivity index (χ3n) is 3.61. The number of carbonyl (C=O) groups is 2. The van der Waals surface area contributed by atoms with Gasteiger partial charge in [-0.25, -0.2) is 9.78 Å². The van der Waals surface area contributed by atoms with Crippen molar-refractivity contribution in [3.8, 4) is 10.6 Å². The number of nitrogens with one attached hydrogen (secondary N) is 1. The standard InChI is InChI=1S/C18H22N2O3S/c1-11-5-7-12(8-6-11)16-19-13(10-24-16)9-14(21)20-15(17(22)23)18(2,3)4/h5-8,10,15H,9H2,1-4H3,(H,20,21)(H,22,23)/t15-/m1/s1. The van der Waals surface area contributed by atoms with E-state index in [2.05, 4.69) is 10.3 Å². The number of rotatable bonds is 5. The third-order valence-corrected chi connectivity index (χ3v) is 4.55. The van der Waals surface area contributed by atoms with Crippen molar-refractivity contribution in [2.75, 3.05) is 0 Å². The molecule has 0 radical (unpaired) electrons. The molecule has 2 rings (SSSR count). The van der Waals surface area contributed by atoms with Gasteiger partial charge in [-0.15, -0.1) is 11.3 Å². The number of carboxylic acids is 1.